The number of hydrogen-bond donors (Lipinski definition) is 1. The molecule has 86 valence electrons. The standard InChI is InChI=1S/C13H18N2O/c16-13(12-8-4-3-5-9-12)14-15-10-6-1-2-7-11-15/h3-5,8-9H,1-2,6-7,10-11H2,(H,14,16). The summed E-state index contributed by atoms with van der Waals surface area (Å²) in [5, 5.41) is 2.04. The molecule has 3 nitrogen and oxygen atoms in total. The van der Waals surface area contributed by atoms with E-state index in [0.717, 1.165) is 18.7 Å². The van der Waals surface area contributed by atoms with Gasteiger partial charge in [0.25, 0.3) is 5.91 Å². The molecule has 1 saturated heterocycles. The number of nitrogens with zero attached hydrogens (tertiary/aromatic N) is 1. The van der Waals surface area contributed by atoms with Crippen molar-refractivity contribution in [2.24, 2.45) is 0 Å². The maximum Gasteiger partial charge on any atom is 0.265 e. The van der Waals surface area contributed by atoms with Gasteiger partial charge in [-0.3, -0.25) is 10.2 Å². The van der Waals surface area contributed by atoms with Crippen molar-refractivity contribution in [2.75, 3.05) is 13.1 Å². The summed E-state index contributed by atoms with van der Waals surface area (Å²) in [7, 11) is 0. The topological polar surface area (TPSA) is 32.3 Å². The number of benzene rings is 1. The molecular weight excluding hydrogens is 200 g/mol. The van der Waals surface area contributed by atoms with Crippen LogP contribution in [-0.2, 0) is 0 Å². The molecule has 0 bridgehead atoms. The Balaban J connectivity index is 1.91. The molecule has 0 unspecified atom stereocenters. The molecule has 0 saturated carbocycles. The van der Waals surface area contributed by atoms with E-state index in [9.17, 15) is 4.79 Å². The van der Waals surface area contributed by atoms with Crippen LogP contribution in [0.15, 0.2) is 30.3 Å². The van der Waals surface area contributed by atoms with Gasteiger partial charge < -0.3 is 0 Å². The van der Waals surface area contributed by atoms with E-state index in [0.29, 0.717) is 0 Å². The molecular formula is C13H18N2O. The first kappa shape index (κ1) is 11.1. The first-order chi connectivity index (χ1) is 7.86. The maximum atomic E-state index is 11.9. The molecule has 1 fully saturated rings. The lowest BCUT2D eigenvalue weighted by atomic mass is 10.2. The van der Waals surface area contributed by atoms with Crippen molar-refractivity contribution in [1.29, 1.82) is 0 Å². The van der Waals surface area contributed by atoms with Gasteiger partial charge in [-0.2, -0.15) is 0 Å². The van der Waals surface area contributed by atoms with Crippen molar-refractivity contribution >= 4 is 5.91 Å². The smallest absolute Gasteiger partial charge is 0.265 e. The fraction of sp³-hybridized carbons (Fsp3) is 0.462. The first-order valence-electron chi connectivity index (χ1n) is 5.97. The van der Waals surface area contributed by atoms with Gasteiger partial charge in [-0.15, -0.1) is 0 Å². The van der Waals surface area contributed by atoms with E-state index in [-0.39, 0.29) is 5.91 Å². The normalized spacial score (nSPS) is 17.8. The van der Waals surface area contributed by atoms with Crippen LogP contribution in [0, 0.1) is 0 Å². The van der Waals surface area contributed by atoms with Gasteiger partial charge in [0, 0.05) is 18.7 Å². The number of nitrogens with one attached hydrogen (secondary N) is 1. The number of amides is 1. The second kappa shape index (κ2) is 5.66. The SMILES string of the molecule is O=C(NN1CCCCCC1)c1ccccc1. The largest absolute Gasteiger partial charge is 0.285 e. The summed E-state index contributed by atoms with van der Waals surface area (Å²) >= 11 is 0. The second-order valence-corrected chi connectivity index (χ2v) is 4.21. The summed E-state index contributed by atoms with van der Waals surface area (Å²) in [5.74, 6) is 0.00231. The predicted octanol–water partition coefficient (Wildman–Crippen LogP) is 2.21. The monoisotopic (exact) mass is 218 g/mol. The number of rotatable bonds is 2. The lowest BCUT2D eigenvalue weighted by Gasteiger charge is -2.20. The van der Waals surface area contributed by atoms with Gasteiger partial charge in [0.1, 0.15) is 0 Å². The number of hydrogen-bond acceptors (Lipinski definition) is 2. The number of carbonyl (C=O) groups is 1. The molecule has 3 heteroatoms. The highest BCUT2D eigenvalue weighted by Gasteiger charge is 2.12. The van der Waals surface area contributed by atoms with Crippen LogP contribution >= 0.6 is 0 Å². The van der Waals surface area contributed by atoms with Crippen LogP contribution < -0.4 is 5.43 Å². The molecule has 0 aliphatic carbocycles. The van der Waals surface area contributed by atoms with Crippen LogP contribution in [0.2, 0.25) is 0 Å². The molecule has 0 spiro atoms. The summed E-state index contributed by atoms with van der Waals surface area (Å²) in [5.41, 5.74) is 3.70. The third kappa shape index (κ3) is 3.07. The second-order valence-electron chi connectivity index (χ2n) is 4.21. The van der Waals surface area contributed by atoms with Gasteiger partial charge >= 0.3 is 0 Å². The lowest BCUT2D eigenvalue weighted by molar-refractivity contribution is 0.0794. The zero-order valence-corrected chi connectivity index (χ0v) is 9.48. The average Bonchev–Trinajstić information content (AvgIpc) is 2.59. The van der Waals surface area contributed by atoms with Gasteiger partial charge in [0.05, 0.1) is 0 Å². The number of hydrazine groups is 1. The summed E-state index contributed by atoms with van der Waals surface area (Å²) in [6.07, 6.45) is 4.90. The van der Waals surface area contributed by atoms with Gasteiger partial charge in [0.15, 0.2) is 0 Å². The van der Waals surface area contributed by atoms with Crippen molar-refractivity contribution in [1.82, 2.24) is 10.4 Å². The molecule has 1 aromatic carbocycles. The quantitative estimate of drug-likeness (QED) is 0.825. The Labute approximate surface area is 96.4 Å². The Kier molecular flexibility index (Phi) is 3.94. The van der Waals surface area contributed by atoms with Crippen LogP contribution in [-0.4, -0.2) is 24.0 Å². The van der Waals surface area contributed by atoms with Crippen molar-refractivity contribution in [3.63, 3.8) is 0 Å². The van der Waals surface area contributed by atoms with E-state index in [2.05, 4.69) is 5.43 Å². The Morgan fingerprint density at radius 2 is 1.62 bits per heavy atom. The minimum Gasteiger partial charge on any atom is -0.285 e. The fourth-order valence-electron chi connectivity index (χ4n) is 1.98. The number of carbonyl (C=O) groups excluding carboxylic acids is 1. The highest BCUT2D eigenvalue weighted by Crippen LogP contribution is 2.08. The molecule has 16 heavy (non-hydrogen) atoms. The molecule has 0 aromatic heterocycles. The third-order valence-corrected chi connectivity index (χ3v) is 2.90. The predicted molar refractivity (Wildman–Crippen MR) is 63.9 cm³/mol. The summed E-state index contributed by atoms with van der Waals surface area (Å²) in [6.45, 7) is 1.94. The summed E-state index contributed by atoms with van der Waals surface area (Å²) in [6, 6.07) is 9.37. The molecule has 0 atom stereocenters. The van der Waals surface area contributed by atoms with Gasteiger partial charge in [-0.05, 0) is 25.0 Å². The Morgan fingerprint density at radius 1 is 1.00 bits per heavy atom. The van der Waals surface area contributed by atoms with Crippen molar-refractivity contribution in [2.45, 2.75) is 25.7 Å². The molecule has 0 radical (unpaired) electrons. The molecule has 1 aliphatic rings. The van der Waals surface area contributed by atoms with E-state index >= 15 is 0 Å². The third-order valence-electron chi connectivity index (χ3n) is 2.90. The van der Waals surface area contributed by atoms with E-state index in [1.54, 1.807) is 0 Å². The first-order valence-corrected chi connectivity index (χ1v) is 5.97. The molecule has 1 amide bonds. The van der Waals surface area contributed by atoms with Gasteiger partial charge in [-0.1, -0.05) is 31.0 Å². The zero-order valence-electron chi connectivity index (χ0n) is 9.48. The highest BCUT2D eigenvalue weighted by atomic mass is 16.2. The van der Waals surface area contributed by atoms with E-state index in [4.69, 9.17) is 0 Å². The fourth-order valence-corrected chi connectivity index (χ4v) is 1.98. The van der Waals surface area contributed by atoms with Crippen LogP contribution in [0.3, 0.4) is 0 Å². The van der Waals surface area contributed by atoms with Crippen LogP contribution in [0.1, 0.15) is 36.0 Å². The van der Waals surface area contributed by atoms with Crippen molar-refractivity contribution in [3.05, 3.63) is 35.9 Å². The zero-order chi connectivity index (χ0) is 11.2. The van der Waals surface area contributed by atoms with E-state index < -0.39 is 0 Å². The molecule has 2 rings (SSSR count). The summed E-state index contributed by atoms with van der Waals surface area (Å²) in [4.78, 5) is 11.9. The Morgan fingerprint density at radius 3 is 2.25 bits per heavy atom. The molecule has 1 heterocycles. The minimum atomic E-state index is 0.00231. The van der Waals surface area contributed by atoms with Crippen molar-refractivity contribution in [3.8, 4) is 0 Å². The molecule has 1 N–H and O–H groups in total. The Hall–Kier alpha value is -1.35. The van der Waals surface area contributed by atoms with Gasteiger partial charge in [0.2, 0.25) is 0 Å². The van der Waals surface area contributed by atoms with E-state index in [1.807, 2.05) is 35.3 Å². The van der Waals surface area contributed by atoms with Crippen LogP contribution in [0.4, 0.5) is 0 Å². The summed E-state index contributed by atoms with van der Waals surface area (Å²) < 4.78 is 0. The lowest BCUT2D eigenvalue weighted by Crippen LogP contribution is -2.42. The van der Waals surface area contributed by atoms with Crippen LogP contribution in [0.5, 0.6) is 0 Å². The van der Waals surface area contributed by atoms with Crippen LogP contribution in [0.25, 0.3) is 0 Å². The minimum absolute atomic E-state index is 0.00231. The highest BCUT2D eigenvalue weighted by molar-refractivity contribution is 5.93. The van der Waals surface area contributed by atoms with Crippen molar-refractivity contribution < 1.29 is 4.79 Å². The average molecular weight is 218 g/mol. The maximum absolute atomic E-state index is 11.9. The van der Waals surface area contributed by atoms with Gasteiger partial charge in [-0.25, -0.2) is 5.01 Å². The Bertz CT molecular complexity index is 329. The molecule has 1 aliphatic heterocycles. The van der Waals surface area contributed by atoms with E-state index in [1.165, 1.54) is 25.7 Å². The molecule has 1 aromatic rings.